The molecule has 0 aromatic rings. The lowest BCUT2D eigenvalue weighted by molar-refractivity contribution is -0.126. The first-order chi connectivity index (χ1) is 3.60. The number of ether oxygens (including phenoxy) is 2. The van der Waals surface area contributed by atoms with E-state index in [0.29, 0.717) is 0 Å². The maximum atomic E-state index is 11.9. The molecule has 0 radical (unpaired) electrons. The lowest BCUT2D eigenvalue weighted by atomic mass is 10.4. The van der Waals surface area contributed by atoms with Gasteiger partial charge in [-0.1, -0.05) is 0 Å². The predicted octanol–water partition coefficient (Wildman–Crippen LogP) is 1.54. The molecule has 0 aliphatic carbocycles. The molecule has 0 aromatic carbocycles. The Morgan fingerprint density at radius 1 is 1.62 bits per heavy atom. The lowest BCUT2D eigenvalue weighted by Crippen LogP contribution is -2.19. The quantitative estimate of drug-likeness (QED) is 0.480. The van der Waals surface area contributed by atoms with E-state index in [1.54, 1.807) is 13.8 Å². The van der Waals surface area contributed by atoms with E-state index in [0.717, 1.165) is 6.26 Å². The fraction of sp³-hybridized carbons (Fsp3) is 0.600. The number of rotatable bonds is 0. The Hall–Kier alpha value is -0.730. The number of hydrogen-bond donors (Lipinski definition) is 0. The predicted molar refractivity (Wildman–Crippen MR) is 25.4 cm³/mol. The number of hydrogen-bond acceptors (Lipinski definition) is 2. The second kappa shape index (κ2) is 1.37. The summed E-state index contributed by atoms with van der Waals surface area (Å²) >= 11 is 0. The van der Waals surface area contributed by atoms with Crippen LogP contribution >= 0.6 is 0 Å². The average molecular weight is 118 g/mol. The molecule has 3 heteroatoms. The van der Waals surface area contributed by atoms with Crippen LogP contribution in [-0.2, 0) is 9.47 Å². The highest BCUT2D eigenvalue weighted by Gasteiger charge is 2.27. The Balaban J connectivity index is 2.55. The molecule has 8 heavy (non-hydrogen) atoms. The van der Waals surface area contributed by atoms with Crippen LogP contribution in [0.25, 0.3) is 0 Å². The fourth-order valence-electron chi connectivity index (χ4n) is 0.471. The standard InChI is InChI=1S/C5H7FO2/c1-5(2)7-3-4(6)8-5/h3H,1-2H3. The summed E-state index contributed by atoms with van der Waals surface area (Å²) in [5.74, 6) is -0.802. The maximum Gasteiger partial charge on any atom is 0.311 e. The maximum absolute atomic E-state index is 11.9. The molecule has 2 nitrogen and oxygen atoms in total. The van der Waals surface area contributed by atoms with Crippen LogP contribution in [0.15, 0.2) is 12.3 Å². The molecule has 0 amide bonds. The van der Waals surface area contributed by atoms with E-state index in [9.17, 15) is 4.39 Å². The van der Waals surface area contributed by atoms with Crippen molar-refractivity contribution in [1.29, 1.82) is 0 Å². The van der Waals surface area contributed by atoms with Crippen molar-refractivity contribution in [3.8, 4) is 0 Å². The van der Waals surface area contributed by atoms with Crippen LogP contribution in [0.2, 0.25) is 0 Å². The van der Waals surface area contributed by atoms with Crippen molar-refractivity contribution in [2.24, 2.45) is 0 Å². The van der Waals surface area contributed by atoms with Crippen molar-refractivity contribution in [3.63, 3.8) is 0 Å². The highest BCUT2D eigenvalue weighted by molar-refractivity contribution is 4.84. The summed E-state index contributed by atoms with van der Waals surface area (Å²) in [6, 6.07) is -0.657. The smallest absolute Gasteiger partial charge is 0.311 e. The Labute approximate surface area is 46.9 Å². The third kappa shape index (κ3) is 0.911. The van der Waals surface area contributed by atoms with Crippen molar-refractivity contribution < 1.29 is 13.9 Å². The normalized spacial score (nSPS) is 23.6. The van der Waals surface area contributed by atoms with Crippen LogP contribution in [-0.4, -0.2) is 5.79 Å². The molecule has 1 aliphatic rings. The molecule has 46 valence electrons. The third-order valence-corrected chi connectivity index (χ3v) is 0.779. The van der Waals surface area contributed by atoms with Gasteiger partial charge in [0.15, 0.2) is 6.26 Å². The van der Waals surface area contributed by atoms with Crippen LogP contribution in [0.1, 0.15) is 13.8 Å². The highest BCUT2D eigenvalue weighted by atomic mass is 19.1. The second-order valence-electron chi connectivity index (χ2n) is 2.04. The van der Waals surface area contributed by atoms with Gasteiger partial charge in [0.2, 0.25) is 5.79 Å². The Kier molecular flexibility index (Phi) is 0.927. The summed E-state index contributed by atoms with van der Waals surface area (Å²) in [4.78, 5) is 0. The summed E-state index contributed by atoms with van der Waals surface area (Å²) in [7, 11) is 0. The Morgan fingerprint density at radius 2 is 2.25 bits per heavy atom. The Bertz CT molecular complexity index is 128. The van der Waals surface area contributed by atoms with Gasteiger partial charge in [0, 0.05) is 13.8 Å². The molecule has 0 saturated carbocycles. The Morgan fingerprint density at radius 3 is 2.38 bits per heavy atom. The highest BCUT2D eigenvalue weighted by Crippen LogP contribution is 2.24. The van der Waals surface area contributed by atoms with Gasteiger partial charge in [0.25, 0.3) is 0 Å². The van der Waals surface area contributed by atoms with Crippen molar-refractivity contribution in [1.82, 2.24) is 0 Å². The first-order valence-corrected chi connectivity index (χ1v) is 2.33. The molecule has 0 aromatic heterocycles. The van der Waals surface area contributed by atoms with Crippen molar-refractivity contribution >= 4 is 0 Å². The molecular formula is C5H7FO2. The van der Waals surface area contributed by atoms with E-state index >= 15 is 0 Å². The van der Waals surface area contributed by atoms with E-state index in [-0.39, 0.29) is 0 Å². The minimum Gasteiger partial charge on any atom is -0.454 e. The minimum absolute atomic E-state index is 0.657. The molecule has 0 unspecified atom stereocenters. The first-order valence-electron chi connectivity index (χ1n) is 2.33. The van der Waals surface area contributed by atoms with Gasteiger partial charge in [-0.05, 0) is 0 Å². The van der Waals surface area contributed by atoms with Crippen LogP contribution in [0.5, 0.6) is 0 Å². The topological polar surface area (TPSA) is 18.5 Å². The molecule has 1 rings (SSSR count). The van der Waals surface area contributed by atoms with Gasteiger partial charge in [-0.15, -0.1) is 0 Å². The monoisotopic (exact) mass is 118 g/mol. The summed E-state index contributed by atoms with van der Waals surface area (Å²) < 4.78 is 21.1. The molecule has 0 N–H and O–H groups in total. The summed E-state index contributed by atoms with van der Waals surface area (Å²) in [6.45, 7) is 3.27. The SMILES string of the molecule is CC1(C)OC=C(F)O1. The van der Waals surface area contributed by atoms with Gasteiger partial charge in [0.1, 0.15) is 0 Å². The minimum atomic E-state index is -0.802. The average Bonchev–Trinajstić information content (AvgIpc) is 1.82. The zero-order chi connectivity index (χ0) is 6.20. The van der Waals surface area contributed by atoms with Gasteiger partial charge in [0.05, 0.1) is 0 Å². The fourth-order valence-corrected chi connectivity index (χ4v) is 0.471. The van der Waals surface area contributed by atoms with Crippen LogP contribution in [0.3, 0.4) is 0 Å². The first kappa shape index (κ1) is 5.41. The molecule has 0 atom stereocenters. The van der Waals surface area contributed by atoms with Gasteiger partial charge in [-0.2, -0.15) is 4.39 Å². The molecule has 1 aliphatic heterocycles. The summed E-state index contributed by atoms with van der Waals surface area (Å²) in [5, 5.41) is 0. The van der Waals surface area contributed by atoms with E-state index in [1.807, 2.05) is 0 Å². The molecule has 0 fully saturated rings. The molecule has 0 saturated heterocycles. The van der Waals surface area contributed by atoms with Crippen molar-refractivity contribution in [2.45, 2.75) is 19.6 Å². The summed E-state index contributed by atoms with van der Waals surface area (Å²) in [6.07, 6.45) is 0.958. The third-order valence-electron chi connectivity index (χ3n) is 0.779. The molecule has 0 spiro atoms. The summed E-state index contributed by atoms with van der Waals surface area (Å²) in [5.41, 5.74) is 0. The second-order valence-corrected chi connectivity index (χ2v) is 2.04. The van der Waals surface area contributed by atoms with Gasteiger partial charge in [-0.3, -0.25) is 0 Å². The zero-order valence-corrected chi connectivity index (χ0v) is 4.77. The molecular weight excluding hydrogens is 111 g/mol. The van der Waals surface area contributed by atoms with E-state index in [2.05, 4.69) is 4.74 Å². The van der Waals surface area contributed by atoms with E-state index in [4.69, 9.17) is 4.74 Å². The van der Waals surface area contributed by atoms with Gasteiger partial charge in [-0.25, -0.2) is 0 Å². The van der Waals surface area contributed by atoms with Crippen LogP contribution in [0, 0.1) is 0 Å². The lowest BCUT2D eigenvalue weighted by Gasteiger charge is -2.15. The van der Waals surface area contributed by atoms with Crippen molar-refractivity contribution in [3.05, 3.63) is 12.3 Å². The van der Waals surface area contributed by atoms with E-state index < -0.39 is 11.8 Å². The van der Waals surface area contributed by atoms with E-state index in [1.165, 1.54) is 0 Å². The van der Waals surface area contributed by atoms with Gasteiger partial charge < -0.3 is 9.47 Å². The zero-order valence-electron chi connectivity index (χ0n) is 4.77. The largest absolute Gasteiger partial charge is 0.454 e. The van der Waals surface area contributed by atoms with Gasteiger partial charge >= 0.3 is 6.01 Å². The molecule has 1 heterocycles. The number of halogens is 1. The van der Waals surface area contributed by atoms with Crippen LogP contribution < -0.4 is 0 Å². The van der Waals surface area contributed by atoms with Crippen molar-refractivity contribution in [2.75, 3.05) is 0 Å². The molecule has 0 bridgehead atoms. The van der Waals surface area contributed by atoms with Crippen LogP contribution in [0.4, 0.5) is 4.39 Å².